The van der Waals surface area contributed by atoms with Crippen molar-refractivity contribution in [3.8, 4) is 5.75 Å². The zero-order valence-corrected chi connectivity index (χ0v) is 10.9. The lowest BCUT2D eigenvalue weighted by Crippen LogP contribution is -2.38. The number of rotatable bonds is 1. The molecule has 0 bridgehead atoms. The highest BCUT2D eigenvalue weighted by Gasteiger charge is 2.47. The summed E-state index contributed by atoms with van der Waals surface area (Å²) < 4.78 is 43.3. The van der Waals surface area contributed by atoms with E-state index in [4.69, 9.17) is 4.74 Å². The molecule has 1 aromatic carbocycles. The van der Waals surface area contributed by atoms with Gasteiger partial charge in [0.25, 0.3) is 0 Å². The topological polar surface area (TPSA) is 29.5 Å². The normalized spacial score (nSPS) is 18.9. The highest BCUT2D eigenvalue weighted by molar-refractivity contribution is 5.65. The molecule has 2 nitrogen and oxygen atoms in total. The molecule has 0 fully saturated rings. The first kappa shape index (κ1) is 13.8. The van der Waals surface area contributed by atoms with Gasteiger partial charge in [0.2, 0.25) is 6.10 Å². The summed E-state index contributed by atoms with van der Waals surface area (Å²) in [5.41, 5.74) is 2.12. The molecule has 0 aliphatic carbocycles. The van der Waals surface area contributed by atoms with Crippen LogP contribution in [0.5, 0.6) is 5.75 Å². The molecular weight excluding hydrogens is 257 g/mol. The van der Waals surface area contributed by atoms with Gasteiger partial charge in [-0.25, -0.2) is 0 Å². The summed E-state index contributed by atoms with van der Waals surface area (Å²) in [6.07, 6.45) is -5.77. The Morgan fingerprint density at radius 2 is 1.89 bits per heavy atom. The number of aliphatic hydroxyl groups excluding tert-OH is 1. The Balaban J connectivity index is 2.56. The molecule has 1 N–H and O–H groups in total. The lowest BCUT2D eigenvalue weighted by Gasteiger charge is -2.28. The molecule has 0 amide bonds. The molecule has 1 atom stereocenters. The van der Waals surface area contributed by atoms with Crippen LogP contribution in [0.2, 0.25) is 0 Å². The van der Waals surface area contributed by atoms with Gasteiger partial charge in [-0.1, -0.05) is 19.9 Å². The van der Waals surface area contributed by atoms with Gasteiger partial charge in [0.1, 0.15) is 11.5 Å². The Labute approximate surface area is 109 Å². The van der Waals surface area contributed by atoms with E-state index in [0.717, 1.165) is 11.6 Å². The lowest BCUT2D eigenvalue weighted by molar-refractivity contribution is -0.191. The summed E-state index contributed by atoms with van der Waals surface area (Å²) in [6, 6.07) is 3.51. The first-order valence-corrected chi connectivity index (χ1v) is 5.98. The van der Waals surface area contributed by atoms with Gasteiger partial charge >= 0.3 is 6.18 Å². The number of halogens is 3. The van der Waals surface area contributed by atoms with E-state index in [0.29, 0.717) is 11.1 Å². The summed E-state index contributed by atoms with van der Waals surface area (Å²) in [7, 11) is 0. The van der Waals surface area contributed by atoms with Crippen LogP contribution in [0.25, 0.3) is 6.08 Å². The monoisotopic (exact) mass is 272 g/mol. The van der Waals surface area contributed by atoms with Crippen LogP contribution in [0.15, 0.2) is 17.9 Å². The van der Waals surface area contributed by atoms with Gasteiger partial charge in [0.15, 0.2) is 0 Å². The number of alkyl halides is 3. The Morgan fingerprint density at radius 3 is 2.42 bits per heavy atom. The average Bonchev–Trinajstić information content (AvgIpc) is 2.24. The first-order chi connectivity index (χ1) is 8.70. The van der Waals surface area contributed by atoms with Crippen LogP contribution in [0.3, 0.4) is 0 Å². The van der Waals surface area contributed by atoms with Crippen molar-refractivity contribution in [2.24, 2.45) is 0 Å². The minimum absolute atomic E-state index is 0.0381. The van der Waals surface area contributed by atoms with Gasteiger partial charge in [-0.3, -0.25) is 0 Å². The molecule has 1 heterocycles. The molecule has 0 aromatic heterocycles. The molecule has 0 saturated carbocycles. The molecule has 1 aromatic rings. The largest absolute Gasteiger partial charge is 0.508 e. The second-order valence-corrected chi connectivity index (χ2v) is 5.04. The van der Waals surface area contributed by atoms with E-state index < -0.39 is 18.0 Å². The number of ether oxygens (including phenoxy) is 1. The maximum atomic E-state index is 12.8. The lowest BCUT2D eigenvalue weighted by atomic mass is 9.94. The molecule has 19 heavy (non-hydrogen) atoms. The molecular formula is C14H15F3O2. The number of hydrogen-bond acceptors (Lipinski definition) is 2. The van der Waals surface area contributed by atoms with Crippen LogP contribution in [-0.2, 0) is 0 Å². The zero-order valence-electron chi connectivity index (χ0n) is 10.9. The molecule has 0 saturated heterocycles. The Bertz CT molecular complexity index is 530. The van der Waals surface area contributed by atoms with Crippen molar-refractivity contribution in [2.75, 3.05) is 0 Å². The summed E-state index contributed by atoms with van der Waals surface area (Å²) in [5.74, 6) is -0.558. The molecule has 1 aliphatic rings. The van der Waals surface area contributed by atoms with E-state index >= 15 is 0 Å². The summed E-state index contributed by atoms with van der Waals surface area (Å²) in [4.78, 5) is 0. The predicted molar refractivity (Wildman–Crippen MR) is 66.3 cm³/mol. The van der Waals surface area contributed by atoms with E-state index in [1.165, 1.54) is 0 Å². The third-order valence-corrected chi connectivity index (χ3v) is 3.02. The molecule has 5 heteroatoms. The molecule has 1 unspecified atom stereocenters. The number of fused-ring (bicyclic) bond motifs is 1. The predicted octanol–water partition coefficient (Wildman–Crippen LogP) is 4.34. The smallest absolute Gasteiger partial charge is 0.432 e. The minimum atomic E-state index is -4.63. The fourth-order valence-corrected chi connectivity index (χ4v) is 2.15. The van der Waals surface area contributed by atoms with E-state index in [1.807, 2.05) is 26.8 Å². The van der Waals surface area contributed by atoms with Gasteiger partial charge < -0.3 is 9.84 Å². The highest BCUT2D eigenvalue weighted by atomic mass is 19.4. The maximum absolute atomic E-state index is 12.8. The van der Waals surface area contributed by atoms with Crippen LogP contribution < -0.4 is 4.74 Å². The van der Waals surface area contributed by atoms with Crippen molar-refractivity contribution in [3.05, 3.63) is 34.6 Å². The van der Waals surface area contributed by atoms with Crippen molar-refractivity contribution in [1.29, 1.82) is 0 Å². The molecule has 0 radical (unpaired) electrons. The fraction of sp³-hybridized carbons (Fsp3) is 0.429. The quantitative estimate of drug-likeness (QED) is 0.824. The molecule has 1 aliphatic heterocycles. The standard InChI is InChI=1S/C14H15F3O2/c1-7(2)10-5-8(3)4-9-6-11(18)13(14(15,16)17)19-12(9)10/h4-7,13,18H,1-3H3. The van der Waals surface area contributed by atoms with Crippen molar-refractivity contribution >= 4 is 6.08 Å². The van der Waals surface area contributed by atoms with Gasteiger partial charge in [-0.15, -0.1) is 0 Å². The van der Waals surface area contributed by atoms with E-state index in [1.54, 1.807) is 6.07 Å². The van der Waals surface area contributed by atoms with Crippen molar-refractivity contribution in [1.82, 2.24) is 0 Å². The van der Waals surface area contributed by atoms with Crippen molar-refractivity contribution < 1.29 is 23.0 Å². The third-order valence-electron chi connectivity index (χ3n) is 3.02. The van der Waals surface area contributed by atoms with Crippen LogP contribution in [0, 0.1) is 6.92 Å². The van der Waals surface area contributed by atoms with Crippen LogP contribution in [-0.4, -0.2) is 17.4 Å². The Hall–Kier alpha value is -1.65. The average molecular weight is 272 g/mol. The minimum Gasteiger partial charge on any atom is -0.508 e. The molecule has 2 rings (SSSR count). The van der Waals surface area contributed by atoms with Crippen molar-refractivity contribution in [3.63, 3.8) is 0 Å². The number of aliphatic hydroxyl groups is 1. The van der Waals surface area contributed by atoms with Crippen molar-refractivity contribution in [2.45, 2.75) is 39.0 Å². The third kappa shape index (κ3) is 2.55. The zero-order chi connectivity index (χ0) is 14.4. The van der Waals surface area contributed by atoms with Crippen LogP contribution in [0.4, 0.5) is 13.2 Å². The second-order valence-electron chi connectivity index (χ2n) is 5.04. The number of hydrogen-bond donors (Lipinski definition) is 1. The van der Waals surface area contributed by atoms with E-state index in [9.17, 15) is 18.3 Å². The SMILES string of the molecule is Cc1cc2c(c(C(C)C)c1)OC(C(F)(F)F)C(O)=C2. The summed E-state index contributed by atoms with van der Waals surface area (Å²) in [5, 5.41) is 9.49. The van der Waals surface area contributed by atoms with Gasteiger partial charge in [0, 0.05) is 5.56 Å². The maximum Gasteiger partial charge on any atom is 0.432 e. The first-order valence-electron chi connectivity index (χ1n) is 5.98. The van der Waals surface area contributed by atoms with Crippen LogP contribution >= 0.6 is 0 Å². The number of aryl methyl sites for hydroxylation is 1. The number of benzene rings is 1. The van der Waals surface area contributed by atoms with Gasteiger partial charge in [-0.05, 0) is 36.1 Å². The van der Waals surface area contributed by atoms with Gasteiger partial charge in [0.05, 0.1) is 0 Å². The highest BCUT2D eigenvalue weighted by Crippen LogP contribution is 2.40. The molecule has 0 spiro atoms. The summed E-state index contributed by atoms with van der Waals surface area (Å²) >= 11 is 0. The van der Waals surface area contributed by atoms with Gasteiger partial charge in [-0.2, -0.15) is 13.2 Å². The fourth-order valence-electron chi connectivity index (χ4n) is 2.15. The van der Waals surface area contributed by atoms with Crippen LogP contribution in [0.1, 0.15) is 36.5 Å². The summed E-state index contributed by atoms with van der Waals surface area (Å²) in [6.45, 7) is 5.63. The Kier molecular flexibility index (Phi) is 3.24. The second kappa shape index (κ2) is 4.47. The van der Waals surface area contributed by atoms with E-state index in [2.05, 4.69) is 0 Å². The Morgan fingerprint density at radius 1 is 1.26 bits per heavy atom. The van der Waals surface area contributed by atoms with E-state index in [-0.39, 0.29) is 11.7 Å². The molecule has 104 valence electrons.